The van der Waals surface area contributed by atoms with Gasteiger partial charge in [-0.15, -0.1) is 0 Å². The first kappa shape index (κ1) is 19.5. The van der Waals surface area contributed by atoms with Crippen LogP contribution in [-0.2, 0) is 16.3 Å². The van der Waals surface area contributed by atoms with E-state index in [0.29, 0.717) is 18.5 Å². The predicted octanol–water partition coefficient (Wildman–Crippen LogP) is 2.31. The van der Waals surface area contributed by atoms with E-state index in [2.05, 4.69) is 4.98 Å². The number of likely N-dealkylation sites (tertiary alicyclic amines) is 1. The van der Waals surface area contributed by atoms with Crippen LogP contribution in [-0.4, -0.2) is 54.8 Å². The number of aromatic nitrogens is 1. The van der Waals surface area contributed by atoms with Crippen LogP contribution in [0.1, 0.15) is 16.1 Å². The molecule has 2 aromatic carbocycles. The highest BCUT2D eigenvalue weighted by molar-refractivity contribution is 7.90. The second kappa shape index (κ2) is 7.57. The first-order valence-corrected chi connectivity index (χ1v) is 11.3. The van der Waals surface area contributed by atoms with Crippen LogP contribution in [0.4, 0.5) is 0 Å². The second-order valence-corrected chi connectivity index (χ2v) is 9.55. The van der Waals surface area contributed by atoms with Gasteiger partial charge in [-0.05, 0) is 36.8 Å². The summed E-state index contributed by atoms with van der Waals surface area (Å²) in [6.07, 6.45) is 1.03. The van der Waals surface area contributed by atoms with Crippen molar-refractivity contribution < 1.29 is 18.3 Å². The number of carbonyl (C=O) groups excluding carboxylic acids is 1. The molecule has 0 aliphatic carbocycles. The maximum atomic E-state index is 12.8. The number of β-amino-alcohol motifs (C(OH)–C–C–N with tert-alkyl or cyclic N) is 1. The molecule has 1 N–H and O–H groups in total. The topological polar surface area (TPSA) is 87.6 Å². The molecule has 1 fully saturated rings. The zero-order valence-corrected chi connectivity index (χ0v) is 16.8. The lowest BCUT2D eigenvalue weighted by Gasteiger charge is -2.16. The van der Waals surface area contributed by atoms with Crippen molar-refractivity contribution in [1.29, 1.82) is 0 Å². The normalized spacial score (nSPS) is 19.6. The number of benzene rings is 2. The van der Waals surface area contributed by atoms with Gasteiger partial charge in [0.05, 0.1) is 16.5 Å². The summed E-state index contributed by atoms with van der Waals surface area (Å²) in [6, 6.07) is 17.8. The van der Waals surface area contributed by atoms with Crippen LogP contribution >= 0.6 is 0 Å². The van der Waals surface area contributed by atoms with E-state index in [1.54, 1.807) is 17.0 Å². The van der Waals surface area contributed by atoms with Crippen LogP contribution in [0.15, 0.2) is 65.6 Å². The monoisotopic (exact) mass is 410 g/mol. The number of fused-ring (bicyclic) bond motifs is 1. The third-order valence-electron chi connectivity index (χ3n) is 5.33. The maximum Gasteiger partial charge on any atom is 0.253 e. The van der Waals surface area contributed by atoms with E-state index < -0.39 is 15.9 Å². The molecule has 6 nitrogen and oxygen atoms in total. The fourth-order valence-electron chi connectivity index (χ4n) is 3.75. The number of hydrogen-bond donors (Lipinski definition) is 1. The average molecular weight is 410 g/mol. The Hall–Kier alpha value is -2.77. The molecule has 29 heavy (non-hydrogen) atoms. The van der Waals surface area contributed by atoms with Crippen molar-refractivity contribution in [2.75, 3.05) is 19.3 Å². The Morgan fingerprint density at radius 1 is 1.10 bits per heavy atom. The van der Waals surface area contributed by atoms with Gasteiger partial charge in [0, 0.05) is 41.9 Å². The van der Waals surface area contributed by atoms with Gasteiger partial charge in [0.15, 0.2) is 9.84 Å². The van der Waals surface area contributed by atoms with Gasteiger partial charge in [0.25, 0.3) is 5.91 Å². The van der Waals surface area contributed by atoms with Gasteiger partial charge in [0.2, 0.25) is 0 Å². The molecule has 1 saturated heterocycles. The number of amides is 1. The van der Waals surface area contributed by atoms with Crippen molar-refractivity contribution in [2.24, 2.45) is 5.92 Å². The van der Waals surface area contributed by atoms with Gasteiger partial charge in [-0.2, -0.15) is 0 Å². The Morgan fingerprint density at radius 3 is 2.69 bits per heavy atom. The third-order valence-corrected chi connectivity index (χ3v) is 6.44. The Morgan fingerprint density at radius 2 is 1.90 bits per heavy atom. The molecule has 0 unspecified atom stereocenters. The summed E-state index contributed by atoms with van der Waals surface area (Å²) < 4.78 is 23.5. The Kier molecular flexibility index (Phi) is 5.10. The highest BCUT2D eigenvalue weighted by Crippen LogP contribution is 2.24. The first-order valence-electron chi connectivity index (χ1n) is 9.43. The standard InChI is InChI=1S/C22H22N2O4S/c1-29(27,28)19-7-4-6-16(12-19)22(26)24-13-17(21(25)14-24)11-18-10-9-15-5-2-3-8-20(15)23-18/h2-10,12,17,21,25H,11,13-14H2,1H3/t17-,21-/m1/s1. The molecule has 0 saturated carbocycles. The molecule has 1 aliphatic heterocycles. The molecule has 3 aromatic rings. The summed E-state index contributed by atoms with van der Waals surface area (Å²) in [6.45, 7) is 0.623. The van der Waals surface area contributed by atoms with Crippen LogP contribution < -0.4 is 0 Å². The van der Waals surface area contributed by atoms with Gasteiger partial charge >= 0.3 is 0 Å². The third kappa shape index (κ3) is 4.16. The summed E-state index contributed by atoms with van der Waals surface area (Å²) in [5.74, 6) is -0.394. The number of sulfone groups is 1. The van der Waals surface area contributed by atoms with Crippen LogP contribution in [0.2, 0.25) is 0 Å². The molecule has 0 spiro atoms. The van der Waals surface area contributed by atoms with Crippen LogP contribution in [0.5, 0.6) is 0 Å². The Bertz CT molecular complexity index is 1180. The number of carbonyl (C=O) groups is 1. The smallest absolute Gasteiger partial charge is 0.253 e. The summed E-state index contributed by atoms with van der Waals surface area (Å²) in [7, 11) is -3.39. The highest BCUT2D eigenvalue weighted by atomic mass is 32.2. The van der Waals surface area contributed by atoms with Crippen LogP contribution in [0.3, 0.4) is 0 Å². The van der Waals surface area contributed by atoms with Gasteiger partial charge in [-0.3, -0.25) is 9.78 Å². The van der Waals surface area contributed by atoms with E-state index in [1.165, 1.54) is 12.1 Å². The maximum absolute atomic E-state index is 12.8. The summed E-state index contributed by atoms with van der Waals surface area (Å²) in [4.78, 5) is 19.2. The van der Waals surface area contributed by atoms with E-state index in [-0.39, 0.29) is 23.3 Å². The lowest BCUT2D eigenvalue weighted by molar-refractivity contribution is 0.0764. The lowest BCUT2D eigenvalue weighted by atomic mass is 9.99. The zero-order valence-electron chi connectivity index (χ0n) is 16.0. The first-order chi connectivity index (χ1) is 13.8. The number of nitrogens with zero attached hydrogens (tertiary/aromatic N) is 2. The van der Waals surface area contributed by atoms with Gasteiger partial charge < -0.3 is 10.0 Å². The highest BCUT2D eigenvalue weighted by Gasteiger charge is 2.34. The van der Waals surface area contributed by atoms with Gasteiger partial charge in [-0.25, -0.2) is 8.42 Å². The number of pyridine rings is 1. The SMILES string of the molecule is CS(=O)(=O)c1cccc(C(=O)N2C[C@@H](Cc3ccc4ccccc4n3)[C@H](O)C2)c1. The van der Waals surface area contributed by atoms with Crippen LogP contribution in [0, 0.1) is 5.92 Å². The molecule has 1 amide bonds. The van der Waals surface area contributed by atoms with Crippen molar-refractivity contribution in [3.05, 3.63) is 71.9 Å². The van der Waals surface area contributed by atoms with E-state index in [0.717, 1.165) is 22.9 Å². The summed E-state index contributed by atoms with van der Waals surface area (Å²) in [5.41, 5.74) is 2.09. The molecule has 0 radical (unpaired) electrons. The van der Waals surface area contributed by atoms with Crippen molar-refractivity contribution in [1.82, 2.24) is 9.88 Å². The second-order valence-electron chi connectivity index (χ2n) is 7.54. The number of para-hydroxylation sites is 1. The minimum atomic E-state index is -3.39. The fraction of sp³-hybridized carbons (Fsp3) is 0.273. The molecule has 4 rings (SSSR count). The van der Waals surface area contributed by atoms with Gasteiger partial charge in [-0.1, -0.05) is 30.3 Å². The van der Waals surface area contributed by atoms with Gasteiger partial charge in [0.1, 0.15) is 0 Å². The molecular formula is C22H22N2O4S. The van der Waals surface area contributed by atoms with E-state index in [1.807, 2.05) is 36.4 Å². The predicted molar refractivity (Wildman–Crippen MR) is 110 cm³/mol. The van der Waals surface area contributed by atoms with Crippen LogP contribution in [0.25, 0.3) is 10.9 Å². The summed E-state index contributed by atoms with van der Waals surface area (Å²) >= 11 is 0. The molecule has 2 atom stereocenters. The van der Waals surface area contributed by atoms with Crippen molar-refractivity contribution >= 4 is 26.6 Å². The van der Waals surface area contributed by atoms with Crippen molar-refractivity contribution in [3.8, 4) is 0 Å². The molecule has 2 heterocycles. The number of rotatable bonds is 4. The van der Waals surface area contributed by atoms with E-state index in [9.17, 15) is 18.3 Å². The Labute approximate surface area is 169 Å². The Balaban J connectivity index is 1.50. The van der Waals surface area contributed by atoms with E-state index in [4.69, 9.17) is 0 Å². The van der Waals surface area contributed by atoms with Crippen molar-refractivity contribution in [3.63, 3.8) is 0 Å². The number of aliphatic hydroxyl groups excluding tert-OH is 1. The lowest BCUT2D eigenvalue weighted by Crippen LogP contribution is -2.29. The van der Waals surface area contributed by atoms with E-state index >= 15 is 0 Å². The minimum Gasteiger partial charge on any atom is -0.391 e. The molecule has 0 bridgehead atoms. The molecule has 1 aromatic heterocycles. The molecule has 1 aliphatic rings. The molecular weight excluding hydrogens is 388 g/mol. The fourth-order valence-corrected chi connectivity index (χ4v) is 4.42. The summed E-state index contributed by atoms with van der Waals surface area (Å²) in [5, 5.41) is 11.6. The largest absolute Gasteiger partial charge is 0.391 e. The zero-order chi connectivity index (χ0) is 20.6. The van der Waals surface area contributed by atoms with Crippen molar-refractivity contribution in [2.45, 2.75) is 17.4 Å². The number of aliphatic hydroxyl groups is 1. The minimum absolute atomic E-state index is 0.111. The quantitative estimate of drug-likeness (QED) is 0.713. The molecule has 7 heteroatoms. The molecule has 150 valence electrons. The average Bonchev–Trinajstić information content (AvgIpc) is 3.07. The number of hydrogen-bond acceptors (Lipinski definition) is 5.